The molecule has 2 rings (SSSR count). The highest BCUT2D eigenvalue weighted by atomic mass is 32.2. The number of fused-ring (bicyclic) bond motifs is 1. The number of hydrogen-bond acceptors (Lipinski definition) is 4. The van der Waals surface area contributed by atoms with E-state index in [2.05, 4.69) is 29.4 Å². The molecule has 0 saturated heterocycles. The van der Waals surface area contributed by atoms with Crippen LogP contribution in [0.1, 0.15) is 11.5 Å². The number of amidine groups is 1. The Morgan fingerprint density at radius 2 is 2.33 bits per heavy atom. The Kier molecular flexibility index (Phi) is 3.43. The Bertz CT molecular complexity index is 379. The van der Waals surface area contributed by atoms with Gasteiger partial charge in [-0.1, -0.05) is 30.0 Å². The molecule has 3 nitrogen and oxygen atoms in total. The zero-order valence-electron chi connectivity index (χ0n) is 8.22. The topological polar surface area (TPSA) is 64.4 Å². The molecule has 1 aliphatic rings. The number of hydrogen-bond donors (Lipinski definition) is 2. The highest BCUT2D eigenvalue weighted by Gasteiger charge is 2.22. The van der Waals surface area contributed by atoms with Crippen molar-refractivity contribution in [3.63, 3.8) is 0 Å². The largest absolute Gasteiger partial charge is 0.377 e. The van der Waals surface area contributed by atoms with Crippen molar-refractivity contribution < 1.29 is 0 Å². The summed E-state index contributed by atoms with van der Waals surface area (Å²) in [7, 11) is 0. The van der Waals surface area contributed by atoms with Crippen LogP contribution in [0.5, 0.6) is 0 Å². The van der Waals surface area contributed by atoms with E-state index < -0.39 is 0 Å². The first-order chi connectivity index (χ1) is 7.31. The Labute approximate surface area is 97.7 Å². The third-order valence-corrected chi connectivity index (χ3v) is 4.58. The molecule has 1 atom stereocenters. The second-order valence-corrected chi connectivity index (χ2v) is 5.43. The molecule has 1 unspecified atom stereocenters. The van der Waals surface area contributed by atoms with Crippen molar-refractivity contribution in [2.24, 2.45) is 16.7 Å². The molecule has 15 heavy (non-hydrogen) atoms. The molecular formula is C10H13N3S2. The van der Waals surface area contributed by atoms with Crippen molar-refractivity contribution >= 4 is 28.7 Å². The summed E-state index contributed by atoms with van der Waals surface area (Å²) in [5, 5.41) is 3.92. The van der Waals surface area contributed by atoms with Gasteiger partial charge in [-0.15, -0.1) is 11.8 Å². The molecule has 0 saturated carbocycles. The summed E-state index contributed by atoms with van der Waals surface area (Å²) in [6.07, 6.45) is 0. The summed E-state index contributed by atoms with van der Waals surface area (Å²) in [6, 6.07) is 8.53. The van der Waals surface area contributed by atoms with Gasteiger partial charge in [-0.3, -0.25) is 0 Å². The van der Waals surface area contributed by atoms with Gasteiger partial charge in [0.15, 0.2) is 5.17 Å². The van der Waals surface area contributed by atoms with Crippen LogP contribution in [0.4, 0.5) is 0 Å². The van der Waals surface area contributed by atoms with Crippen LogP contribution < -0.4 is 11.6 Å². The Morgan fingerprint density at radius 3 is 3.13 bits per heavy atom. The van der Waals surface area contributed by atoms with E-state index in [1.165, 1.54) is 22.2 Å². The van der Waals surface area contributed by atoms with Crippen LogP contribution in [0.2, 0.25) is 0 Å². The maximum atomic E-state index is 5.55. The molecule has 0 spiro atoms. The van der Waals surface area contributed by atoms with Crippen molar-refractivity contribution in [3.05, 3.63) is 29.8 Å². The van der Waals surface area contributed by atoms with Crippen molar-refractivity contribution in [2.45, 2.75) is 10.8 Å². The zero-order valence-corrected chi connectivity index (χ0v) is 9.85. The van der Waals surface area contributed by atoms with Gasteiger partial charge in [-0.05, 0) is 11.6 Å². The van der Waals surface area contributed by atoms with Gasteiger partial charge in [0.2, 0.25) is 0 Å². The van der Waals surface area contributed by atoms with Crippen molar-refractivity contribution in [1.82, 2.24) is 0 Å². The Morgan fingerprint density at radius 1 is 1.53 bits per heavy atom. The van der Waals surface area contributed by atoms with E-state index in [0.717, 1.165) is 11.5 Å². The first-order valence-electron chi connectivity index (χ1n) is 4.69. The number of benzene rings is 1. The average molecular weight is 239 g/mol. The molecule has 0 fully saturated rings. The molecule has 1 heterocycles. The van der Waals surface area contributed by atoms with Crippen LogP contribution in [-0.2, 0) is 0 Å². The molecule has 0 aromatic heterocycles. The molecule has 4 N–H and O–H groups in total. The number of nitrogens with zero attached hydrogens (tertiary/aromatic N) is 1. The normalized spacial score (nSPS) is 20.3. The van der Waals surface area contributed by atoms with Gasteiger partial charge in [0.25, 0.3) is 0 Å². The minimum absolute atomic E-state index is 0.462. The fraction of sp³-hybridized carbons (Fsp3) is 0.300. The monoisotopic (exact) mass is 239 g/mol. The second-order valence-electron chi connectivity index (χ2n) is 3.32. The van der Waals surface area contributed by atoms with Crippen molar-refractivity contribution in [2.75, 3.05) is 11.5 Å². The van der Waals surface area contributed by atoms with E-state index >= 15 is 0 Å². The van der Waals surface area contributed by atoms with E-state index in [-0.39, 0.29) is 0 Å². The average Bonchev–Trinajstić information content (AvgIpc) is 2.69. The lowest BCUT2D eigenvalue weighted by Gasteiger charge is -2.08. The standard InChI is InChI=1S/C10H13N3S2/c11-10(13-12)15-6-7-5-14-9-4-2-1-3-8(7)9/h1-4,7H,5-6,12H2,(H2,11,13). The first kappa shape index (κ1) is 10.7. The SMILES string of the molecule is NN=C(N)SCC1CSc2ccccc21. The second kappa shape index (κ2) is 4.81. The quantitative estimate of drug-likeness (QED) is 0.357. The van der Waals surface area contributed by atoms with E-state index in [9.17, 15) is 0 Å². The predicted octanol–water partition coefficient (Wildman–Crippen LogP) is 1.80. The molecular weight excluding hydrogens is 226 g/mol. The van der Waals surface area contributed by atoms with Crippen LogP contribution in [0.15, 0.2) is 34.3 Å². The summed E-state index contributed by atoms with van der Waals surface area (Å²) >= 11 is 3.44. The Hall–Kier alpha value is -0.810. The van der Waals surface area contributed by atoms with Gasteiger partial charge in [0.05, 0.1) is 0 Å². The van der Waals surface area contributed by atoms with Crippen LogP contribution in [0.25, 0.3) is 0 Å². The maximum absolute atomic E-state index is 5.55. The van der Waals surface area contributed by atoms with Crippen molar-refractivity contribution in [1.29, 1.82) is 0 Å². The van der Waals surface area contributed by atoms with E-state index in [1.807, 2.05) is 11.8 Å². The lowest BCUT2D eigenvalue weighted by molar-refractivity contribution is 0.898. The first-order valence-corrected chi connectivity index (χ1v) is 6.66. The van der Waals surface area contributed by atoms with Gasteiger partial charge in [0.1, 0.15) is 0 Å². The van der Waals surface area contributed by atoms with Gasteiger partial charge in [-0.25, -0.2) is 0 Å². The molecule has 1 aromatic rings. The maximum Gasteiger partial charge on any atom is 0.177 e. The molecule has 0 aliphatic carbocycles. The van der Waals surface area contributed by atoms with E-state index in [1.54, 1.807) is 0 Å². The van der Waals surface area contributed by atoms with Crippen LogP contribution >= 0.6 is 23.5 Å². The fourth-order valence-corrected chi connectivity index (χ4v) is 3.74. The highest BCUT2D eigenvalue weighted by Crippen LogP contribution is 2.40. The molecule has 80 valence electrons. The lowest BCUT2D eigenvalue weighted by atomic mass is 10.0. The Balaban J connectivity index is 2.02. The van der Waals surface area contributed by atoms with Gasteiger partial charge < -0.3 is 11.6 Å². The molecule has 1 aromatic carbocycles. The van der Waals surface area contributed by atoms with Gasteiger partial charge in [0, 0.05) is 22.3 Å². The van der Waals surface area contributed by atoms with Gasteiger partial charge >= 0.3 is 0 Å². The summed E-state index contributed by atoms with van der Waals surface area (Å²) in [4.78, 5) is 1.39. The third kappa shape index (κ3) is 2.41. The number of hydrazone groups is 1. The molecule has 1 aliphatic heterocycles. The molecule has 0 amide bonds. The summed E-state index contributed by atoms with van der Waals surface area (Å²) in [5.41, 5.74) is 6.98. The summed E-state index contributed by atoms with van der Waals surface area (Å²) in [6.45, 7) is 0. The molecule has 5 heteroatoms. The zero-order chi connectivity index (χ0) is 10.7. The van der Waals surface area contributed by atoms with Crippen LogP contribution in [0.3, 0.4) is 0 Å². The van der Waals surface area contributed by atoms with Crippen molar-refractivity contribution in [3.8, 4) is 0 Å². The minimum atomic E-state index is 0.462. The smallest absolute Gasteiger partial charge is 0.177 e. The highest BCUT2D eigenvalue weighted by molar-refractivity contribution is 8.13. The fourth-order valence-electron chi connectivity index (χ4n) is 1.59. The molecule has 0 bridgehead atoms. The number of thioether (sulfide) groups is 2. The summed E-state index contributed by atoms with van der Waals surface area (Å²) in [5.74, 6) is 7.74. The van der Waals surface area contributed by atoms with E-state index in [0.29, 0.717) is 11.1 Å². The summed E-state index contributed by atoms with van der Waals surface area (Å²) < 4.78 is 0. The van der Waals surface area contributed by atoms with Crippen LogP contribution in [0, 0.1) is 0 Å². The van der Waals surface area contributed by atoms with E-state index in [4.69, 9.17) is 11.6 Å². The minimum Gasteiger partial charge on any atom is -0.377 e. The van der Waals surface area contributed by atoms with Gasteiger partial charge in [-0.2, -0.15) is 5.10 Å². The van der Waals surface area contributed by atoms with Crippen LogP contribution in [-0.4, -0.2) is 16.7 Å². The number of rotatable bonds is 2. The predicted molar refractivity (Wildman–Crippen MR) is 68.2 cm³/mol. The lowest BCUT2D eigenvalue weighted by Crippen LogP contribution is -2.12. The number of nitrogens with two attached hydrogens (primary N) is 2. The third-order valence-electron chi connectivity index (χ3n) is 2.36. The molecule has 0 radical (unpaired) electrons.